The van der Waals surface area contributed by atoms with Crippen LogP contribution in [0.25, 0.3) is 0 Å². The van der Waals surface area contributed by atoms with Crippen molar-refractivity contribution < 1.29 is 14.4 Å². The Hall–Kier alpha value is -1.43. The van der Waals surface area contributed by atoms with Crippen LogP contribution in [0.1, 0.15) is 41.0 Å². The summed E-state index contributed by atoms with van der Waals surface area (Å²) in [6.07, 6.45) is 0.0340. The SMILES string of the molecule is CC(C)C(=O)N(C)C(CC(=O)C(C)(C)C)C(=O)NCCN(C)C. The molecule has 6 heteroatoms. The van der Waals surface area contributed by atoms with Crippen LogP contribution in [0.15, 0.2) is 0 Å². The van der Waals surface area contributed by atoms with E-state index >= 15 is 0 Å². The number of amides is 2. The first-order valence-electron chi connectivity index (χ1n) is 8.10. The van der Waals surface area contributed by atoms with Crippen molar-refractivity contribution in [1.82, 2.24) is 15.1 Å². The molecule has 1 atom stereocenters. The zero-order valence-electron chi connectivity index (χ0n) is 15.9. The molecule has 6 nitrogen and oxygen atoms in total. The molecule has 0 bridgehead atoms. The molecule has 0 aliphatic carbocycles. The second kappa shape index (κ2) is 9.01. The van der Waals surface area contributed by atoms with Gasteiger partial charge in [-0.1, -0.05) is 34.6 Å². The molecule has 0 saturated heterocycles. The fraction of sp³-hybridized carbons (Fsp3) is 0.824. The molecule has 134 valence electrons. The number of ketones is 1. The maximum Gasteiger partial charge on any atom is 0.243 e. The third kappa shape index (κ3) is 7.59. The summed E-state index contributed by atoms with van der Waals surface area (Å²) in [6.45, 7) is 10.2. The highest BCUT2D eigenvalue weighted by Crippen LogP contribution is 2.20. The predicted molar refractivity (Wildman–Crippen MR) is 92.0 cm³/mol. The zero-order chi connectivity index (χ0) is 18.4. The van der Waals surface area contributed by atoms with Gasteiger partial charge in [-0.3, -0.25) is 14.4 Å². The van der Waals surface area contributed by atoms with E-state index in [0.29, 0.717) is 13.1 Å². The fourth-order valence-electron chi connectivity index (χ4n) is 1.97. The van der Waals surface area contributed by atoms with Gasteiger partial charge in [-0.25, -0.2) is 0 Å². The third-order valence-electron chi connectivity index (χ3n) is 3.69. The maximum absolute atomic E-state index is 12.5. The van der Waals surface area contributed by atoms with Crippen LogP contribution in [-0.2, 0) is 14.4 Å². The number of carbonyl (C=O) groups excluding carboxylic acids is 3. The molecule has 0 aliphatic rings. The average Bonchev–Trinajstić information content (AvgIpc) is 2.40. The summed E-state index contributed by atoms with van der Waals surface area (Å²) in [7, 11) is 5.43. The number of hydrogen-bond acceptors (Lipinski definition) is 4. The van der Waals surface area contributed by atoms with E-state index in [-0.39, 0.29) is 29.9 Å². The van der Waals surface area contributed by atoms with Gasteiger partial charge in [0.15, 0.2) is 0 Å². The first-order chi connectivity index (χ1) is 10.4. The van der Waals surface area contributed by atoms with Gasteiger partial charge in [0.1, 0.15) is 11.8 Å². The second-order valence-corrected chi connectivity index (χ2v) is 7.59. The summed E-state index contributed by atoms with van der Waals surface area (Å²) in [5.41, 5.74) is -0.538. The van der Waals surface area contributed by atoms with Crippen molar-refractivity contribution in [3.05, 3.63) is 0 Å². The van der Waals surface area contributed by atoms with Crippen molar-refractivity contribution in [2.24, 2.45) is 11.3 Å². The lowest BCUT2D eigenvalue weighted by Gasteiger charge is -2.30. The van der Waals surface area contributed by atoms with Crippen molar-refractivity contribution in [2.45, 2.75) is 47.1 Å². The van der Waals surface area contributed by atoms with Gasteiger partial charge in [0.25, 0.3) is 0 Å². The third-order valence-corrected chi connectivity index (χ3v) is 3.69. The monoisotopic (exact) mass is 327 g/mol. The lowest BCUT2D eigenvalue weighted by molar-refractivity contribution is -0.143. The Bertz CT molecular complexity index is 425. The van der Waals surface area contributed by atoms with Gasteiger partial charge >= 0.3 is 0 Å². The van der Waals surface area contributed by atoms with E-state index in [0.717, 1.165) is 0 Å². The molecule has 1 N–H and O–H groups in total. The van der Waals surface area contributed by atoms with Crippen LogP contribution in [0.2, 0.25) is 0 Å². The number of likely N-dealkylation sites (N-methyl/N-ethyl adjacent to an activating group) is 2. The first kappa shape index (κ1) is 21.6. The molecule has 0 aliphatic heterocycles. The van der Waals surface area contributed by atoms with E-state index in [1.165, 1.54) is 4.90 Å². The van der Waals surface area contributed by atoms with Crippen LogP contribution >= 0.6 is 0 Å². The Kier molecular flexibility index (Phi) is 8.45. The van der Waals surface area contributed by atoms with E-state index < -0.39 is 11.5 Å². The van der Waals surface area contributed by atoms with Gasteiger partial charge in [-0.15, -0.1) is 0 Å². The Balaban J connectivity index is 5.10. The molecule has 0 aromatic rings. The molecule has 0 aromatic heterocycles. The van der Waals surface area contributed by atoms with Crippen LogP contribution in [-0.4, -0.2) is 67.7 Å². The van der Waals surface area contributed by atoms with E-state index in [1.54, 1.807) is 20.9 Å². The Labute approximate surface area is 140 Å². The van der Waals surface area contributed by atoms with Gasteiger partial charge in [0.2, 0.25) is 11.8 Å². The van der Waals surface area contributed by atoms with Crippen molar-refractivity contribution in [1.29, 1.82) is 0 Å². The van der Waals surface area contributed by atoms with E-state index in [1.807, 2.05) is 39.8 Å². The molecule has 0 heterocycles. The van der Waals surface area contributed by atoms with Crippen molar-refractivity contribution in [2.75, 3.05) is 34.2 Å². The van der Waals surface area contributed by atoms with Gasteiger partial charge in [-0.05, 0) is 14.1 Å². The van der Waals surface area contributed by atoms with Crippen LogP contribution in [0.5, 0.6) is 0 Å². The molecule has 0 aromatic carbocycles. The van der Waals surface area contributed by atoms with E-state index in [2.05, 4.69) is 5.32 Å². The minimum Gasteiger partial charge on any atom is -0.353 e. The highest BCUT2D eigenvalue weighted by atomic mass is 16.2. The predicted octanol–water partition coefficient (Wildman–Crippen LogP) is 1.15. The summed E-state index contributed by atoms with van der Waals surface area (Å²) in [5, 5.41) is 2.82. The lowest BCUT2D eigenvalue weighted by Crippen LogP contribution is -2.51. The summed E-state index contributed by atoms with van der Waals surface area (Å²) < 4.78 is 0. The standard InChI is InChI=1S/C17H33N3O3/c1-12(2)16(23)20(8)13(11-14(21)17(3,4)5)15(22)18-9-10-19(6)7/h12-13H,9-11H2,1-8H3,(H,18,22). The largest absolute Gasteiger partial charge is 0.353 e. The highest BCUT2D eigenvalue weighted by molar-refractivity contribution is 5.94. The summed E-state index contributed by atoms with van der Waals surface area (Å²) in [6, 6.07) is -0.765. The zero-order valence-corrected chi connectivity index (χ0v) is 15.9. The van der Waals surface area contributed by atoms with Crippen LogP contribution in [0.4, 0.5) is 0 Å². The van der Waals surface area contributed by atoms with Crippen molar-refractivity contribution in [3.63, 3.8) is 0 Å². The van der Waals surface area contributed by atoms with E-state index in [9.17, 15) is 14.4 Å². The quantitative estimate of drug-likeness (QED) is 0.726. The van der Waals surface area contributed by atoms with Gasteiger partial charge < -0.3 is 15.1 Å². The molecule has 0 spiro atoms. The molecule has 0 saturated carbocycles. The molecule has 0 radical (unpaired) electrons. The summed E-state index contributed by atoms with van der Waals surface area (Å²) in [4.78, 5) is 40.4. The molecule has 2 amide bonds. The first-order valence-corrected chi connectivity index (χ1v) is 8.10. The number of Topliss-reactive ketones (excluding diaryl/α,β-unsaturated/α-hetero) is 1. The van der Waals surface area contributed by atoms with Gasteiger partial charge in [0.05, 0.1) is 0 Å². The van der Waals surface area contributed by atoms with Gasteiger partial charge in [-0.2, -0.15) is 0 Å². The van der Waals surface area contributed by atoms with Crippen LogP contribution in [0, 0.1) is 11.3 Å². The van der Waals surface area contributed by atoms with Crippen molar-refractivity contribution >= 4 is 17.6 Å². The Morgan fingerprint density at radius 3 is 1.96 bits per heavy atom. The summed E-state index contributed by atoms with van der Waals surface area (Å²) in [5.74, 6) is -0.670. The molecular weight excluding hydrogens is 294 g/mol. The fourth-order valence-corrected chi connectivity index (χ4v) is 1.97. The molecule has 0 rings (SSSR count). The normalized spacial score (nSPS) is 13.1. The second-order valence-electron chi connectivity index (χ2n) is 7.59. The van der Waals surface area contributed by atoms with Crippen molar-refractivity contribution in [3.8, 4) is 0 Å². The smallest absolute Gasteiger partial charge is 0.243 e. The number of rotatable bonds is 8. The Morgan fingerprint density at radius 2 is 1.57 bits per heavy atom. The maximum atomic E-state index is 12.5. The average molecular weight is 327 g/mol. The molecule has 0 fully saturated rings. The molecule has 1 unspecified atom stereocenters. The highest BCUT2D eigenvalue weighted by Gasteiger charge is 2.33. The number of nitrogens with zero attached hydrogens (tertiary/aromatic N) is 2. The van der Waals surface area contributed by atoms with Crippen LogP contribution < -0.4 is 5.32 Å². The van der Waals surface area contributed by atoms with E-state index in [4.69, 9.17) is 0 Å². The Morgan fingerprint density at radius 1 is 1.04 bits per heavy atom. The lowest BCUT2D eigenvalue weighted by atomic mass is 9.86. The number of carbonyl (C=O) groups is 3. The minimum absolute atomic E-state index is 0.0336. The molecular formula is C17H33N3O3. The van der Waals surface area contributed by atoms with Crippen LogP contribution in [0.3, 0.4) is 0 Å². The topological polar surface area (TPSA) is 69.7 Å². The number of nitrogens with one attached hydrogen (secondary N) is 1. The number of hydrogen-bond donors (Lipinski definition) is 1. The van der Waals surface area contributed by atoms with Gasteiger partial charge in [0, 0.05) is 37.9 Å². The molecule has 23 heavy (non-hydrogen) atoms. The minimum atomic E-state index is -0.765. The summed E-state index contributed by atoms with van der Waals surface area (Å²) >= 11 is 0.